The molecule has 0 aromatic heterocycles. The maximum Gasteiger partial charge on any atom is 0.472 e. The highest BCUT2D eigenvalue weighted by Crippen LogP contribution is 2.49. The lowest BCUT2D eigenvalue weighted by molar-refractivity contribution is -0.216. The van der Waals surface area contributed by atoms with E-state index in [-0.39, 0.29) is 12.8 Å². The second kappa shape index (κ2) is 37.9. The standard InChI is InChI=1S/C47H84O16P2/c1-3-5-7-9-11-13-15-17-18-19-20-21-22-24-25-27-29-31-33-35-40(48)59-37-39(61-41(49)36-34-32-30-28-26-23-16-14-12-10-8-6-4-2)38-60-65(57,58)63-47-44(52)42(50)43(51)46(45(47)53)62-64(54,55)56/h5,7,11,13,17-18,20-21,39,42-47,50-53H,3-4,6,8-10,12,14-16,19,22-38H2,1-2H3,(H,57,58)(H2,54,55,56). The smallest absolute Gasteiger partial charge is 0.462 e. The van der Waals surface area contributed by atoms with Crippen molar-refractivity contribution in [3.8, 4) is 0 Å². The van der Waals surface area contributed by atoms with Gasteiger partial charge in [-0.05, 0) is 51.4 Å². The molecule has 0 aromatic rings. The Morgan fingerprint density at radius 3 is 1.43 bits per heavy atom. The van der Waals surface area contributed by atoms with Gasteiger partial charge in [-0.3, -0.25) is 23.2 Å². The minimum absolute atomic E-state index is 0.0422. The molecule has 18 heteroatoms. The van der Waals surface area contributed by atoms with Crippen LogP contribution < -0.4 is 0 Å². The van der Waals surface area contributed by atoms with Crippen LogP contribution >= 0.6 is 15.6 Å². The molecule has 0 bridgehead atoms. The zero-order valence-corrected chi connectivity index (χ0v) is 40.9. The van der Waals surface area contributed by atoms with Gasteiger partial charge in [-0.25, -0.2) is 9.13 Å². The van der Waals surface area contributed by atoms with Crippen molar-refractivity contribution >= 4 is 27.6 Å². The molecule has 0 heterocycles. The van der Waals surface area contributed by atoms with E-state index >= 15 is 0 Å². The maximum absolute atomic E-state index is 13.0. The second-order valence-corrected chi connectivity index (χ2v) is 19.4. The van der Waals surface area contributed by atoms with E-state index in [9.17, 15) is 53.8 Å². The van der Waals surface area contributed by atoms with Crippen LogP contribution in [0.5, 0.6) is 0 Å². The third kappa shape index (κ3) is 32.4. The molecule has 0 aromatic carbocycles. The van der Waals surface area contributed by atoms with Crippen LogP contribution in [0.15, 0.2) is 48.6 Å². The van der Waals surface area contributed by atoms with E-state index in [1.54, 1.807) is 0 Å². The van der Waals surface area contributed by atoms with Gasteiger partial charge in [-0.1, -0.05) is 165 Å². The van der Waals surface area contributed by atoms with Gasteiger partial charge in [0.2, 0.25) is 0 Å². The van der Waals surface area contributed by atoms with Crippen molar-refractivity contribution in [1.82, 2.24) is 0 Å². The summed E-state index contributed by atoms with van der Waals surface area (Å²) in [5, 5.41) is 41.2. The quantitative estimate of drug-likeness (QED) is 0.0131. The number of rotatable bonds is 40. The van der Waals surface area contributed by atoms with E-state index in [1.807, 2.05) is 0 Å². The van der Waals surface area contributed by atoms with Crippen molar-refractivity contribution in [2.24, 2.45) is 0 Å². The number of hydrogen-bond acceptors (Lipinski definition) is 13. The first-order valence-electron chi connectivity index (χ1n) is 24.2. The summed E-state index contributed by atoms with van der Waals surface area (Å²) in [6, 6.07) is 0. The third-order valence-corrected chi connectivity index (χ3v) is 12.4. The molecule has 7 N–H and O–H groups in total. The number of aliphatic hydroxyl groups excluding tert-OH is 4. The van der Waals surface area contributed by atoms with Gasteiger partial charge >= 0.3 is 27.6 Å². The normalized spacial score (nSPS) is 22.0. The first kappa shape index (κ1) is 61.0. The predicted octanol–water partition coefficient (Wildman–Crippen LogP) is 9.29. The summed E-state index contributed by atoms with van der Waals surface area (Å²) in [4.78, 5) is 54.3. The summed E-state index contributed by atoms with van der Waals surface area (Å²) in [7, 11) is -10.7. The molecule has 0 amide bonds. The van der Waals surface area contributed by atoms with Gasteiger partial charge in [-0.2, -0.15) is 0 Å². The largest absolute Gasteiger partial charge is 0.472 e. The fraction of sp³-hybridized carbons (Fsp3) is 0.787. The van der Waals surface area contributed by atoms with Gasteiger partial charge in [0.1, 0.15) is 43.2 Å². The molecular formula is C47H84O16P2. The SMILES string of the molecule is CCC=CCC=CCC=CCC=CCCCCCCCCC(=O)OCC(COP(=O)(O)OC1C(O)C(O)C(O)C(OP(=O)(O)O)C1O)OC(=O)CCCCCCCCCCCCCCC. The molecule has 0 radical (unpaired) electrons. The van der Waals surface area contributed by atoms with E-state index in [0.717, 1.165) is 89.9 Å². The Morgan fingerprint density at radius 2 is 0.938 bits per heavy atom. The van der Waals surface area contributed by atoms with Gasteiger partial charge in [-0.15, -0.1) is 0 Å². The number of carbonyl (C=O) groups excluding carboxylic acids is 2. The van der Waals surface area contributed by atoms with Crippen LogP contribution in [-0.4, -0.2) is 103 Å². The Kier molecular flexibility index (Phi) is 35.5. The van der Waals surface area contributed by atoms with Crippen molar-refractivity contribution < 1.29 is 76.9 Å². The molecule has 0 aliphatic heterocycles. The number of phosphoric acid groups is 2. The molecule has 0 spiro atoms. The maximum atomic E-state index is 13.0. The Morgan fingerprint density at radius 1 is 0.508 bits per heavy atom. The Labute approximate surface area is 388 Å². The summed E-state index contributed by atoms with van der Waals surface area (Å²) < 4.78 is 49.4. The number of esters is 2. The van der Waals surface area contributed by atoms with Crippen molar-refractivity contribution in [2.75, 3.05) is 13.2 Å². The van der Waals surface area contributed by atoms with Crippen molar-refractivity contribution in [3.63, 3.8) is 0 Å². The number of allylic oxidation sites excluding steroid dienone is 8. The van der Waals surface area contributed by atoms with Crippen LogP contribution in [0, 0.1) is 0 Å². The fourth-order valence-corrected chi connectivity index (χ4v) is 8.73. The monoisotopic (exact) mass is 967 g/mol. The molecule has 8 unspecified atom stereocenters. The van der Waals surface area contributed by atoms with Crippen LogP contribution in [0.1, 0.15) is 181 Å². The summed E-state index contributed by atoms with van der Waals surface area (Å²) in [6.07, 6.45) is 27.8. The average Bonchev–Trinajstić information content (AvgIpc) is 3.26. The predicted molar refractivity (Wildman–Crippen MR) is 250 cm³/mol. The van der Waals surface area contributed by atoms with E-state index in [2.05, 4.69) is 67.0 Å². The third-order valence-electron chi connectivity index (χ3n) is 10.9. The molecule has 1 fully saturated rings. The first-order valence-corrected chi connectivity index (χ1v) is 27.2. The second-order valence-electron chi connectivity index (χ2n) is 16.8. The van der Waals surface area contributed by atoms with Crippen LogP contribution in [0.3, 0.4) is 0 Å². The van der Waals surface area contributed by atoms with Crippen molar-refractivity contribution in [2.45, 2.75) is 224 Å². The van der Waals surface area contributed by atoms with Gasteiger partial charge in [0.05, 0.1) is 6.61 Å². The van der Waals surface area contributed by atoms with Gasteiger partial charge < -0.3 is 44.6 Å². The minimum Gasteiger partial charge on any atom is -0.462 e. The van der Waals surface area contributed by atoms with Crippen LogP contribution in [-0.2, 0) is 41.8 Å². The van der Waals surface area contributed by atoms with Gasteiger partial charge in [0, 0.05) is 12.8 Å². The number of hydrogen-bond donors (Lipinski definition) is 7. The number of phosphoric ester groups is 2. The van der Waals surface area contributed by atoms with E-state index in [4.69, 9.17) is 18.5 Å². The van der Waals surface area contributed by atoms with Crippen LogP contribution in [0.2, 0.25) is 0 Å². The lowest BCUT2D eigenvalue weighted by Gasteiger charge is -2.43. The molecule has 0 saturated heterocycles. The number of ether oxygens (including phenoxy) is 2. The molecule has 378 valence electrons. The molecular weight excluding hydrogens is 882 g/mol. The van der Waals surface area contributed by atoms with Crippen molar-refractivity contribution in [1.29, 1.82) is 0 Å². The molecule has 1 aliphatic carbocycles. The molecule has 8 atom stereocenters. The topological polar surface area (TPSA) is 256 Å². The van der Waals surface area contributed by atoms with Crippen LogP contribution in [0.4, 0.5) is 0 Å². The van der Waals surface area contributed by atoms with E-state index in [1.165, 1.54) is 51.4 Å². The summed E-state index contributed by atoms with van der Waals surface area (Å²) in [6.45, 7) is 2.99. The summed E-state index contributed by atoms with van der Waals surface area (Å²) >= 11 is 0. The highest BCUT2D eigenvalue weighted by atomic mass is 31.2. The first-order chi connectivity index (χ1) is 31.1. The molecule has 16 nitrogen and oxygen atoms in total. The summed E-state index contributed by atoms with van der Waals surface area (Å²) in [5.74, 6) is -1.22. The highest BCUT2D eigenvalue weighted by Gasteiger charge is 2.54. The minimum atomic E-state index is -5.36. The van der Waals surface area contributed by atoms with Crippen LogP contribution in [0.25, 0.3) is 0 Å². The Bertz CT molecular complexity index is 1450. The number of aliphatic hydroxyl groups is 4. The van der Waals surface area contributed by atoms with E-state index in [0.29, 0.717) is 12.8 Å². The lowest BCUT2D eigenvalue weighted by atomic mass is 9.85. The average molecular weight is 967 g/mol. The zero-order valence-electron chi connectivity index (χ0n) is 39.2. The Hall–Kier alpha value is -2.04. The fourth-order valence-electron chi connectivity index (χ4n) is 7.19. The van der Waals surface area contributed by atoms with Crippen molar-refractivity contribution in [3.05, 3.63) is 48.6 Å². The zero-order chi connectivity index (χ0) is 48.2. The lowest BCUT2D eigenvalue weighted by Crippen LogP contribution is -2.64. The van der Waals surface area contributed by atoms with Gasteiger partial charge in [0.25, 0.3) is 0 Å². The molecule has 65 heavy (non-hydrogen) atoms. The van der Waals surface area contributed by atoms with E-state index < -0.39 is 83.5 Å². The molecule has 1 rings (SSSR count). The highest BCUT2D eigenvalue weighted by molar-refractivity contribution is 7.47. The number of carbonyl (C=O) groups is 2. The number of unbranched alkanes of at least 4 members (excludes halogenated alkanes) is 18. The summed E-state index contributed by atoms with van der Waals surface area (Å²) in [5.41, 5.74) is 0. The Balaban J connectivity index is 2.57. The molecule has 1 saturated carbocycles. The van der Waals surface area contributed by atoms with Gasteiger partial charge in [0.15, 0.2) is 6.10 Å². The molecule has 1 aliphatic rings.